The molecule has 2 aromatic carbocycles. The van der Waals surface area contributed by atoms with Gasteiger partial charge in [-0.3, -0.25) is 9.59 Å². The summed E-state index contributed by atoms with van der Waals surface area (Å²) in [4.78, 5) is 24.3. The van der Waals surface area contributed by atoms with Gasteiger partial charge in [-0.05, 0) is 74.2 Å². The molecule has 0 unspecified atom stereocenters. The minimum atomic E-state index is -0.450. The second-order valence-corrected chi connectivity index (χ2v) is 7.17. The average Bonchev–Trinajstić information content (AvgIpc) is 2.72. The Hall–Kier alpha value is -2.73. The lowest BCUT2D eigenvalue weighted by Crippen LogP contribution is -2.29. The summed E-state index contributed by atoms with van der Waals surface area (Å²) in [6, 6.07) is 12.8. The van der Waals surface area contributed by atoms with E-state index in [9.17, 15) is 14.0 Å². The van der Waals surface area contributed by atoms with Crippen molar-refractivity contribution in [1.29, 1.82) is 0 Å². The second-order valence-electron chi connectivity index (χ2n) is 7.17. The van der Waals surface area contributed by atoms with E-state index in [0.717, 1.165) is 37.9 Å². The molecule has 0 radical (unpaired) electrons. The van der Waals surface area contributed by atoms with Gasteiger partial charge in [-0.25, -0.2) is 4.39 Å². The highest BCUT2D eigenvalue weighted by Crippen LogP contribution is 2.18. The maximum atomic E-state index is 13.3. The van der Waals surface area contributed by atoms with Crippen molar-refractivity contribution in [3.8, 4) is 0 Å². The number of benzene rings is 2. The maximum Gasteiger partial charge on any atom is 0.255 e. The lowest BCUT2D eigenvalue weighted by molar-refractivity contribution is -0.121. The van der Waals surface area contributed by atoms with Gasteiger partial charge in [0, 0.05) is 24.2 Å². The summed E-state index contributed by atoms with van der Waals surface area (Å²) in [5.74, 6) is -0.141. The summed E-state index contributed by atoms with van der Waals surface area (Å²) in [6.07, 6.45) is 3.75. The summed E-state index contributed by atoms with van der Waals surface area (Å²) in [7, 11) is 0. The molecule has 5 nitrogen and oxygen atoms in total. The molecule has 0 bridgehead atoms. The fraction of sp³-hybridized carbons (Fsp3) is 0.364. The Morgan fingerprint density at radius 2 is 1.86 bits per heavy atom. The first-order valence-corrected chi connectivity index (χ1v) is 9.73. The molecule has 0 spiro atoms. The van der Waals surface area contributed by atoms with Gasteiger partial charge in [0.05, 0.1) is 0 Å². The third kappa shape index (κ3) is 6.16. The molecule has 28 heavy (non-hydrogen) atoms. The molecule has 1 fully saturated rings. The number of halogens is 1. The molecule has 0 atom stereocenters. The van der Waals surface area contributed by atoms with Gasteiger partial charge in [0.2, 0.25) is 5.91 Å². The molecular formula is C22H26FN3O2. The SMILES string of the molecule is O=C(CCC1CCNCC1)NCc1cccc(NC(=O)c2cccc(F)c2)c1. The monoisotopic (exact) mass is 383 g/mol. The van der Waals surface area contributed by atoms with Crippen LogP contribution in [0.15, 0.2) is 48.5 Å². The van der Waals surface area contributed by atoms with Crippen molar-refractivity contribution in [3.05, 3.63) is 65.5 Å². The Kier molecular flexibility index (Phi) is 7.14. The van der Waals surface area contributed by atoms with Crippen LogP contribution in [0, 0.1) is 11.7 Å². The van der Waals surface area contributed by atoms with Gasteiger partial charge in [-0.15, -0.1) is 0 Å². The third-order valence-electron chi connectivity index (χ3n) is 5.00. The van der Waals surface area contributed by atoms with Crippen LogP contribution in [0.4, 0.5) is 10.1 Å². The van der Waals surface area contributed by atoms with Gasteiger partial charge >= 0.3 is 0 Å². The van der Waals surface area contributed by atoms with Gasteiger partial charge in [0.1, 0.15) is 5.82 Å². The van der Waals surface area contributed by atoms with Crippen LogP contribution >= 0.6 is 0 Å². The Morgan fingerprint density at radius 3 is 2.64 bits per heavy atom. The highest BCUT2D eigenvalue weighted by molar-refractivity contribution is 6.04. The molecule has 0 aliphatic carbocycles. The number of carbonyl (C=O) groups is 2. The second kappa shape index (κ2) is 9.99. The quantitative estimate of drug-likeness (QED) is 0.686. The summed E-state index contributed by atoms with van der Waals surface area (Å²) in [6.45, 7) is 2.50. The van der Waals surface area contributed by atoms with Crippen molar-refractivity contribution in [3.63, 3.8) is 0 Å². The topological polar surface area (TPSA) is 70.2 Å². The van der Waals surface area contributed by atoms with E-state index in [1.54, 1.807) is 12.1 Å². The molecule has 1 aliphatic heterocycles. The van der Waals surface area contributed by atoms with Crippen molar-refractivity contribution in [2.24, 2.45) is 5.92 Å². The maximum absolute atomic E-state index is 13.3. The molecule has 1 saturated heterocycles. The van der Waals surface area contributed by atoms with Gasteiger partial charge in [-0.2, -0.15) is 0 Å². The van der Waals surface area contributed by atoms with Crippen molar-refractivity contribution in [2.75, 3.05) is 18.4 Å². The first-order chi connectivity index (χ1) is 13.6. The molecule has 1 aliphatic rings. The summed E-state index contributed by atoms with van der Waals surface area (Å²) < 4.78 is 13.3. The number of amides is 2. The minimum Gasteiger partial charge on any atom is -0.352 e. The normalized spacial score (nSPS) is 14.5. The summed E-state index contributed by atoms with van der Waals surface area (Å²) in [5, 5.41) is 9.03. The predicted octanol–water partition coefficient (Wildman–Crippen LogP) is 3.47. The number of piperidine rings is 1. The zero-order valence-electron chi connectivity index (χ0n) is 15.8. The predicted molar refractivity (Wildman–Crippen MR) is 107 cm³/mol. The first-order valence-electron chi connectivity index (χ1n) is 9.73. The van der Waals surface area contributed by atoms with Crippen LogP contribution in [0.3, 0.4) is 0 Å². The molecule has 2 amide bonds. The summed E-state index contributed by atoms with van der Waals surface area (Å²) >= 11 is 0. The van der Waals surface area contributed by atoms with Crippen molar-refractivity contribution in [1.82, 2.24) is 10.6 Å². The van der Waals surface area contributed by atoms with Crippen LogP contribution in [-0.4, -0.2) is 24.9 Å². The molecular weight excluding hydrogens is 357 g/mol. The third-order valence-corrected chi connectivity index (χ3v) is 5.00. The van der Waals surface area contributed by atoms with E-state index >= 15 is 0 Å². The van der Waals surface area contributed by atoms with E-state index in [0.29, 0.717) is 24.6 Å². The highest BCUT2D eigenvalue weighted by atomic mass is 19.1. The molecule has 3 N–H and O–H groups in total. The lowest BCUT2D eigenvalue weighted by Gasteiger charge is -2.22. The molecule has 148 valence electrons. The standard InChI is InChI=1S/C22H26FN3O2/c23-19-5-2-4-18(14-19)22(28)26-20-6-1-3-17(13-20)15-25-21(27)8-7-16-9-11-24-12-10-16/h1-6,13-14,16,24H,7-12,15H2,(H,25,27)(H,26,28). The molecule has 0 saturated carbocycles. The van der Waals surface area contributed by atoms with E-state index in [1.807, 2.05) is 18.2 Å². The number of carbonyl (C=O) groups excluding carboxylic acids is 2. The van der Waals surface area contributed by atoms with E-state index in [1.165, 1.54) is 18.2 Å². The van der Waals surface area contributed by atoms with E-state index in [-0.39, 0.29) is 17.4 Å². The van der Waals surface area contributed by atoms with Gasteiger partial charge in [-0.1, -0.05) is 18.2 Å². The van der Waals surface area contributed by atoms with E-state index in [4.69, 9.17) is 0 Å². The van der Waals surface area contributed by atoms with Crippen LogP contribution in [0.2, 0.25) is 0 Å². The van der Waals surface area contributed by atoms with Gasteiger partial charge < -0.3 is 16.0 Å². The Morgan fingerprint density at radius 1 is 1.07 bits per heavy atom. The number of anilines is 1. The fourth-order valence-electron chi connectivity index (χ4n) is 3.39. The lowest BCUT2D eigenvalue weighted by atomic mass is 9.93. The first kappa shape index (κ1) is 20.0. The fourth-order valence-corrected chi connectivity index (χ4v) is 3.39. The Balaban J connectivity index is 1.47. The van der Waals surface area contributed by atoms with Crippen LogP contribution < -0.4 is 16.0 Å². The van der Waals surface area contributed by atoms with Gasteiger partial charge in [0.25, 0.3) is 5.91 Å². The Labute approximate surface area is 164 Å². The number of hydrogen-bond acceptors (Lipinski definition) is 3. The molecule has 6 heteroatoms. The summed E-state index contributed by atoms with van der Waals surface area (Å²) in [5.41, 5.74) is 1.76. The molecule has 0 aromatic heterocycles. The highest BCUT2D eigenvalue weighted by Gasteiger charge is 2.14. The molecule has 1 heterocycles. The molecule has 3 rings (SSSR count). The zero-order chi connectivity index (χ0) is 19.8. The number of nitrogens with one attached hydrogen (secondary N) is 3. The van der Waals surface area contributed by atoms with Crippen LogP contribution in [0.25, 0.3) is 0 Å². The minimum absolute atomic E-state index is 0.0488. The van der Waals surface area contributed by atoms with Crippen molar-refractivity contribution < 1.29 is 14.0 Å². The van der Waals surface area contributed by atoms with Gasteiger partial charge in [0.15, 0.2) is 0 Å². The van der Waals surface area contributed by atoms with Crippen molar-refractivity contribution >= 4 is 17.5 Å². The zero-order valence-corrected chi connectivity index (χ0v) is 15.8. The van der Waals surface area contributed by atoms with E-state index < -0.39 is 5.82 Å². The number of rotatable bonds is 7. The van der Waals surface area contributed by atoms with Crippen LogP contribution in [0.1, 0.15) is 41.6 Å². The largest absolute Gasteiger partial charge is 0.352 e. The number of hydrogen-bond donors (Lipinski definition) is 3. The van der Waals surface area contributed by atoms with Crippen LogP contribution in [-0.2, 0) is 11.3 Å². The smallest absolute Gasteiger partial charge is 0.255 e. The van der Waals surface area contributed by atoms with Crippen molar-refractivity contribution in [2.45, 2.75) is 32.2 Å². The molecule has 2 aromatic rings. The van der Waals surface area contributed by atoms with Crippen LogP contribution in [0.5, 0.6) is 0 Å². The average molecular weight is 383 g/mol. The Bertz CT molecular complexity index is 819. The van der Waals surface area contributed by atoms with E-state index in [2.05, 4.69) is 16.0 Å².